The molecule has 7 rings (SSSR count). The van der Waals surface area contributed by atoms with Crippen LogP contribution in [-0.4, -0.2) is 68.9 Å². The van der Waals surface area contributed by atoms with Gasteiger partial charge in [-0.1, -0.05) is 45.1 Å². The predicted molar refractivity (Wildman–Crippen MR) is 145 cm³/mol. The minimum atomic E-state index is -0.906. The molecule has 3 aliphatic carbocycles. The summed E-state index contributed by atoms with van der Waals surface area (Å²) in [6, 6.07) is 6.56. The number of allylic oxidation sites excluding steroid dienone is 3. The highest BCUT2D eigenvalue weighted by Gasteiger charge is 2.70. The van der Waals surface area contributed by atoms with Crippen molar-refractivity contribution in [3.8, 4) is 0 Å². The number of aryl methyl sites for hydroxylation is 1. The second-order valence-electron chi connectivity index (χ2n) is 13.3. The summed E-state index contributed by atoms with van der Waals surface area (Å²) in [4.78, 5) is 2.04. The molecule has 0 radical (unpaired) electrons. The lowest BCUT2D eigenvalue weighted by Gasteiger charge is -2.60. The zero-order valence-electron chi connectivity index (χ0n) is 22.8. The van der Waals surface area contributed by atoms with Gasteiger partial charge in [-0.05, 0) is 86.5 Å². The van der Waals surface area contributed by atoms with Crippen LogP contribution in [-0.2, 0) is 4.74 Å². The molecule has 7 atom stereocenters. The molecule has 3 N–H and O–H groups in total. The lowest BCUT2D eigenvalue weighted by molar-refractivity contribution is -0.170. The summed E-state index contributed by atoms with van der Waals surface area (Å²) in [5.41, 5.74) is 5.72. The Morgan fingerprint density at radius 2 is 1.92 bits per heavy atom. The van der Waals surface area contributed by atoms with Crippen LogP contribution >= 0.6 is 0 Å². The average Bonchev–Trinajstić information content (AvgIpc) is 3.51. The third-order valence-corrected chi connectivity index (χ3v) is 11.1. The van der Waals surface area contributed by atoms with E-state index >= 15 is 0 Å². The lowest BCUT2D eigenvalue weighted by Crippen LogP contribution is -2.63. The number of likely N-dealkylation sites (N-methyl/N-ethyl adjacent to an activating group) is 1. The van der Waals surface area contributed by atoms with E-state index in [9.17, 15) is 10.2 Å². The Hall–Kier alpha value is -2.25. The van der Waals surface area contributed by atoms with E-state index in [2.05, 4.69) is 74.3 Å². The topological polar surface area (TPSA) is 81.6 Å². The van der Waals surface area contributed by atoms with Crippen LogP contribution in [0.4, 0.5) is 0 Å². The van der Waals surface area contributed by atoms with Gasteiger partial charge >= 0.3 is 0 Å². The quantitative estimate of drug-likeness (QED) is 0.563. The number of H-pyrrole nitrogens is 1. The molecule has 37 heavy (non-hydrogen) atoms. The molecule has 6 heteroatoms. The number of benzene rings is 1. The van der Waals surface area contributed by atoms with Gasteiger partial charge in [-0.2, -0.15) is 5.10 Å². The number of rotatable bonds is 2. The first-order valence-electron chi connectivity index (χ1n) is 13.8. The van der Waals surface area contributed by atoms with Gasteiger partial charge in [-0.15, -0.1) is 0 Å². The Bertz CT molecular complexity index is 1420. The van der Waals surface area contributed by atoms with Crippen LogP contribution in [0.25, 0.3) is 16.5 Å². The van der Waals surface area contributed by atoms with Gasteiger partial charge in [0, 0.05) is 22.8 Å². The van der Waals surface area contributed by atoms with Crippen molar-refractivity contribution in [1.29, 1.82) is 0 Å². The second kappa shape index (κ2) is 7.23. The summed E-state index contributed by atoms with van der Waals surface area (Å²) >= 11 is 0. The van der Waals surface area contributed by atoms with Gasteiger partial charge in [0.2, 0.25) is 0 Å². The van der Waals surface area contributed by atoms with E-state index in [1.54, 1.807) is 0 Å². The fraction of sp³-hybridized carbons (Fsp3) is 0.581. The Morgan fingerprint density at radius 1 is 1.14 bits per heavy atom. The maximum atomic E-state index is 11.3. The van der Waals surface area contributed by atoms with Crippen LogP contribution in [0.5, 0.6) is 0 Å². The number of aliphatic hydroxyl groups excluding tert-OH is 2. The van der Waals surface area contributed by atoms with Crippen LogP contribution in [0.3, 0.4) is 0 Å². The SMILES string of the molecule is Cc1n[nH]c2ccc(C3=CCC4[C@@]56CC[C@]7(C[C@H](N(C)C)[C@@H](O)[C@H](O)C7=CC5=CC(C)(C)[C@]34C)O6)cc12. The number of nitrogens with one attached hydrogen (secondary N) is 1. The number of aromatic nitrogens is 2. The smallest absolute Gasteiger partial charge is 0.105 e. The molecule has 1 unspecified atom stereocenters. The number of hydrogen-bond acceptors (Lipinski definition) is 5. The van der Waals surface area contributed by atoms with Gasteiger partial charge in [-0.3, -0.25) is 5.10 Å². The van der Waals surface area contributed by atoms with E-state index < -0.39 is 17.8 Å². The van der Waals surface area contributed by atoms with Gasteiger partial charge in [0.25, 0.3) is 0 Å². The molecule has 5 aliphatic rings. The molecular formula is C31H39N3O3. The van der Waals surface area contributed by atoms with E-state index in [0.717, 1.165) is 36.0 Å². The van der Waals surface area contributed by atoms with Crippen molar-refractivity contribution in [1.82, 2.24) is 15.1 Å². The minimum absolute atomic E-state index is 0.119. The maximum absolute atomic E-state index is 11.3. The summed E-state index contributed by atoms with van der Waals surface area (Å²) in [5, 5.41) is 31.0. The number of aromatic amines is 1. The molecule has 1 saturated heterocycles. The summed E-state index contributed by atoms with van der Waals surface area (Å²) < 4.78 is 7.33. The number of ether oxygens (including phenoxy) is 1. The Kier molecular flexibility index (Phi) is 4.66. The molecule has 2 spiro atoms. The predicted octanol–water partition coefficient (Wildman–Crippen LogP) is 4.53. The van der Waals surface area contributed by atoms with Gasteiger partial charge in [0.05, 0.1) is 28.5 Å². The Balaban J connectivity index is 1.37. The lowest BCUT2D eigenvalue weighted by atomic mass is 9.49. The Labute approximate surface area is 219 Å². The molecule has 2 aromatic rings. The van der Waals surface area contributed by atoms with Crippen molar-refractivity contribution in [3.05, 3.63) is 58.8 Å². The molecule has 0 amide bonds. The van der Waals surface area contributed by atoms with Crippen molar-refractivity contribution < 1.29 is 14.9 Å². The van der Waals surface area contributed by atoms with Crippen LogP contribution in [0.1, 0.15) is 57.7 Å². The first kappa shape index (κ1) is 23.8. The third-order valence-electron chi connectivity index (χ3n) is 11.1. The molecule has 2 aliphatic heterocycles. The summed E-state index contributed by atoms with van der Waals surface area (Å²) in [5.74, 6) is 0.296. The van der Waals surface area contributed by atoms with Gasteiger partial charge in [0.15, 0.2) is 0 Å². The molecule has 1 aromatic heterocycles. The number of fused-ring (bicyclic) bond motifs is 2. The van der Waals surface area contributed by atoms with E-state index in [0.29, 0.717) is 12.3 Å². The fourth-order valence-corrected chi connectivity index (χ4v) is 8.83. The van der Waals surface area contributed by atoms with Crippen molar-refractivity contribution in [2.75, 3.05) is 14.1 Å². The standard InChI is InChI=1S/C31H39N3O3/c1-17-20-13-18(7-9-23(20)33-32-17)21-8-10-25-29(21,4)28(2,3)15-19-14-22-26(35)27(36)24(34(5)6)16-30(22)11-12-31(19,25)37-30/h7-9,13-15,24-27,35-36H,10-12,16H2,1-6H3,(H,32,33)/t24-,25?,26+,27+,29+,30+,31+/m0/s1. The van der Waals surface area contributed by atoms with E-state index in [1.807, 2.05) is 19.0 Å². The van der Waals surface area contributed by atoms with Crippen LogP contribution in [0.2, 0.25) is 0 Å². The van der Waals surface area contributed by atoms with Crippen LogP contribution in [0, 0.1) is 23.7 Å². The number of hydrogen-bond donors (Lipinski definition) is 3. The molecule has 1 saturated carbocycles. The van der Waals surface area contributed by atoms with E-state index in [-0.39, 0.29) is 22.5 Å². The summed E-state index contributed by atoms with van der Waals surface area (Å²) in [6.07, 6.45) is 8.89. The molecule has 2 fully saturated rings. The summed E-state index contributed by atoms with van der Waals surface area (Å²) in [6.45, 7) is 9.21. The van der Waals surface area contributed by atoms with Crippen molar-refractivity contribution in [2.45, 2.75) is 82.8 Å². The maximum Gasteiger partial charge on any atom is 0.105 e. The first-order chi connectivity index (χ1) is 17.4. The first-order valence-corrected chi connectivity index (χ1v) is 13.8. The highest BCUT2D eigenvalue weighted by Crippen LogP contribution is 2.71. The second-order valence-corrected chi connectivity index (χ2v) is 13.3. The van der Waals surface area contributed by atoms with Crippen molar-refractivity contribution >= 4 is 16.5 Å². The molecule has 6 nitrogen and oxygen atoms in total. The number of nitrogens with zero attached hydrogens (tertiary/aromatic N) is 2. The van der Waals surface area contributed by atoms with E-state index in [4.69, 9.17) is 4.74 Å². The Morgan fingerprint density at radius 3 is 2.68 bits per heavy atom. The number of aliphatic hydroxyl groups is 2. The average molecular weight is 502 g/mol. The van der Waals surface area contributed by atoms with Crippen LogP contribution < -0.4 is 0 Å². The minimum Gasteiger partial charge on any atom is -0.388 e. The molecular weight excluding hydrogens is 462 g/mol. The monoisotopic (exact) mass is 501 g/mol. The normalized spacial score (nSPS) is 41.7. The summed E-state index contributed by atoms with van der Waals surface area (Å²) in [7, 11) is 3.97. The largest absolute Gasteiger partial charge is 0.388 e. The van der Waals surface area contributed by atoms with Gasteiger partial charge in [0.1, 0.15) is 6.10 Å². The highest BCUT2D eigenvalue weighted by molar-refractivity contribution is 5.87. The van der Waals surface area contributed by atoms with Gasteiger partial charge < -0.3 is 19.8 Å². The zero-order valence-corrected chi connectivity index (χ0v) is 22.8. The zero-order chi connectivity index (χ0) is 26.1. The fourth-order valence-electron chi connectivity index (χ4n) is 8.83. The molecule has 196 valence electrons. The van der Waals surface area contributed by atoms with Crippen molar-refractivity contribution in [3.63, 3.8) is 0 Å². The molecule has 1 aromatic carbocycles. The molecule has 2 bridgehead atoms. The highest BCUT2D eigenvalue weighted by atomic mass is 16.5. The molecule has 3 heterocycles. The third kappa shape index (κ3) is 2.77. The van der Waals surface area contributed by atoms with Gasteiger partial charge in [-0.25, -0.2) is 0 Å². The van der Waals surface area contributed by atoms with Crippen molar-refractivity contribution in [2.24, 2.45) is 16.7 Å². The van der Waals surface area contributed by atoms with Crippen LogP contribution in [0.15, 0.2) is 47.6 Å². The van der Waals surface area contributed by atoms with E-state index in [1.165, 1.54) is 22.1 Å².